The molecule has 0 heterocycles. The summed E-state index contributed by atoms with van der Waals surface area (Å²) in [5.41, 5.74) is 2.05. The second-order valence-corrected chi connectivity index (χ2v) is 5.61. The normalized spacial score (nSPS) is 10.7. The SMILES string of the molecule is C=CCOc1ccc(/C=C(\C#N)C(=O)Nc2cccc(Cl)c2C)cc1. The zero-order chi connectivity index (χ0) is 18.2. The maximum atomic E-state index is 12.3. The summed E-state index contributed by atoms with van der Waals surface area (Å²) in [5, 5.41) is 12.6. The fourth-order valence-corrected chi connectivity index (χ4v) is 2.24. The molecule has 126 valence electrons. The van der Waals surface area contributed by atoms with Crippen molar-refractivity contribution in [1.82, 2.24) is 0 Å². The van der Waals surface area contributed by atoms with Gasteiger partial charge in [0.1, 0.15) is 24.0 Å². The van der Waals surface area contributed by atoms with Crippen molar-refractivity contribution in [3.05, 3.63) is 76.8 Å². The van der Waals surface area contributed by atoms with Crippen LogP contribution in [-0.2, 0) is 4.79 Å². The van der Waals surface area contributed by atoms with Crippen LogP contribution in [0.3, 0.4) is 0 Å². The van der Waals surface area contributed by atoms with Crippen LogP contribution in [0.25, 0.3) is 6.08 Å². The molecule has 0 atom stereocenters. The molecule has 0 aliphatic rings. The molecule has 0 aliphatic heterocycles. The highest BCUT2D eigenvalue weighted by molar-refractivity contribution is 6.31. The Bertz CT molecular complexity index is 849. The monoisotopic (exact) mass is 352 g/mol. The van der Waals surface area contributed by atoms with E-state index in [1.807, 2.05) is 6.07 Å². The minimum Gasteiger partial charge on any atom is -0.490 e. The Morgan fingerprint density at radius 3 is 2.68 bits per heavy atom. The molecule has 0 spiro atoms. The molecule has 25 heavy (non-hydrogen) atoms. The topological polar surface area (TPSA) is 62.1 Å². The first-order valence-corrected chi connectivity index (χ1v) is 7.95. The Morgan fingerprint density at radius 2 is 2.04 bits per heavy atom. The number of hydrogen-bond donors (Lipinski definition) is 1. The van der Waals surface area contributed by atoms with Crippen LogP contribution in [0.4, 0.5) is 5.69 Å². The van der Waals surface area contributed by atoms with Gasteiger partial charge in [0.25, 0.3) is 5.91 Å². The van der Waals surface area contributed by atoms with Crippen molar-refractivity contribution < 1.29 is 9.53 Å². The highest BCUT2D eigenvalue weighted by Gasteiger charge is 2.11. The average Bonchev–Trinajstić information content (AvgIpc) is 2.62. The van der Waals surface area contributed by atoms with Gasteiger partial charge in [0.2, 0.25) is 0 Å². The number of anilines is 1. The lowest BCUT2D eigenvalue weighted by Gasteiger charge is -2.09. The number of rotatable bonds is 6. The predicted molar refractivity (Wildman–Crippen MR) is 101 cm³/mol. The van der Waals surface area contributed by atoms with Crippen LogP contribution in [0.5, 0.6) is 5.75 Å². The first kappa shape index (κ1) is 18.3. The fraction of sp³-hybridized carbons (Fsp3) is 0.100. The van der Waals surface area contributed by atoms with Crippen LogP contribution in [0.1, 0.15) is 11.1 Å². The predicted octanol–water partition coefficient (Wildman–Crippen LogP) is 4.76. The maximum absolute atomic E-state index is 12.3. The molecule has 2 aromatic carbocycles. The number of nitrogens with one attached hydrogen (secondary N) is 1. The third-order valence-corrected chi connectivity index (χ3v) is 3.85. The number of hydrogen-bond acceptors (Lipinski definition) is 3. The second kappa shape index (κ2) is 8.72. The molecule has 4 nitrogen and oxygen atoms in total. The van der Waals surface area contributed by atoms with Gasteiger partial charge in [-0.1, -0.05) is 42.5 Å². The van der Waals surface area contributed by atoms with E-state index in [1.165, 1.54) is 6.08 Å². The summed E-state index contributed by atoms with van der Waals surface area (Å²) in [6.45, 7) is 5.80. The van der Waals surface area contributed by atoms with Gasteiger partial charge in [-0.05, 0) is 48.4 Å². The maximum Gasteiger partial charge on any atom is 0.266 e. The lowest BCUT2D eigenvalue weighted by Crippen LogP contribution is -2.14. The molecule has 0 saturated heterocycles. The lowest BCUT2D eigenvalue weighted by molar-refractivity contribution is -0.112. The Hall–Kier alpha value is -3.03. The molecule has 5 heteroatoms. The van der Waals surface area contributed by atoms with Crippen molar-refractivity contribution in [2.45, 2.75) is 6.92 Å². The lowest BCUT2D eigenvalue weighted by atomic mass is 10.1. The second-order valence-electron chi connectivity index (χ2n) is 5.21. The highest BCUT2D eigenvalue weighted by Crippen LogP contribution is 2.23. The quantitative estimate of drug-likeness (QED) is 0.463. The van der Waals surface area contributed by atoms with Gasteiger partial charge in [-0.15, -0.1) is 0 Å². The van der Waals surface area contributed by atoms with Crippen LogP contribution in [-0.4, -0.2) is 12.5 Å². The van der Waals surface area contributed by atoms with E-state index < -0.39 is 5.91 Å². The van der Waals surface area contributed by atoms with E-state index in [2.05, 4.69) is 11.9 Å². The summed E-state index contributed by atoms with van der Waals surface area (Å²) in [6, 6.07) is 14.2. The van der Waals surface area contributed by atoms with Crippen LogP contribution in [0.15, 0.2) is 60.7 Å². The summed E-state index contributed by atoms with van der Waals surface area (Å²) >= 11 is 6.04. The van der Waals surface area contributed by atoms with Crippen molar-refractivity contribution in [2.24, 2.45) is 0 Å². The van der Waals surface area contributed by atoms with Crippen LogP contribution < -0.4 is 10.1 Å². The van der Waals surface area contributed by atoms with Gasteiger partial charge in [-0.25, -0.2) is 0 Å². The number of ether oxygens (including phenoxy) is 1. The van der Waals surface area contributed by atoms with Crippen LogP contribution >= 0.6 is 11.6 Å². The van der Waals surface area contributed by atoms with Gasteiger partial charge < -0.3 is 10.1 Å². The molecule has 1 N–H and O–H groups in total. The van der Waals surface area contributed by atoms with Crippen molar-refractivity contribution in [3.63, 3.8) is 0 Å². The first-order valence-electron chi connectivity index (χ1n) is 7.57. The van der Waals surface area contributed by atoms with Gasteiger partial charge in [0.15, 0.2) is 0 Å². The van der Waals surface area contributed by atoms with Crippen molar-refractivity contribution in [1.29, 1.82) is 5.26 Å². The number of nitriles is 1. The molecular formula is C20H17ClN2O2. The Balaban J connectivity index is 2.16. The van der Waals surface area contributed by atoms with Crippen molar-refractivity contribution >= 4 is 29.3 Å². The van der Waals surface area contributed by atoms with E-state index >= 15 is 0 Å². The van der Waals surface area contributed by atoms with Gasteiger partial charge in [0, 0.05) is 10.7 Å². The fourth-order valence-electron chi connectivity index (χ4n) is 2.06. The minimum atomic E-state index is -0.486. The van der Waals surface area contributed by atoms with E-state index in [4.69, 9.17) is 16.3 Å². The standard InChI is InChI=1S/C20H17ClN2O2/c1-3-11-25-17-9-7-15(8-10-17)12-16(13-22)20(24)23-19-6-4-5-18(21)14(19)2/h3-10,12H,1,11H2,2H3,(H,23,24)/b16-12+. The first-order chi connectivity index (χ1) is 12.0. The third kappa shape index (κ3) is 4.97. The van der Waals surface area contributed by atoms with Crippen molar-refractivity contribution in [2.75, 3.05) is 11.9 Å². The average molecular weight is 353 g/mol. The Morgan fingerprint density at radius 1 is 1.32 bits per heavy atom. The smallest absolute Gasteiger partial charge is 0.266 e. The number of halogens is 1. The summed E-state index contributed by atoms with van der Waals surface area (Å²) in [5.74, 6) is 0.203. The number of benzene rings is 2. The zero-order valence-electron chi connectivity index (χ0n) is 13.8. The molecule has 1 amide bonds. The summed E-state index contributed by atoms with van der Waals surface area (Å²) in [7, 11) is 0. The number of carbonyl (C=O) groups excluding carboxylic acids is 1. The van der Waals surface area contributed by atoms with Gasteiger partial charge >= 0.3 is 0 Å². The third-order valence-electron chi connectivity index (χ3n) is 3.44. The largest absolute Gasteiger partial charge is 0.490 e. The molecule has 0 aliphatic carbocycles. The Kier molecular flexibility index (Phi) is 6.39. The highest BCUT2D eigenvalue weighted by atomic mass is 35.5. The number of amides is 1. The van der Waals surface area contributed by atoms with E-state index in [9.17, 15) is 10.1 Å². The molecule has 0 saturated carbocycles. The van der Waals surface area contributed by atoms with E-state index in [0.29, 0.717) is 23.1 Å². The summed E-state index contributed by atoms with van der Waals surface area (Å²) in [6.07, 6.45) is 3.18. The van der Waals surface area contributed by atoms with Gasteiger partial charge in [-0.2, -0.15) is 5.26 Å². The van der Waals surface area contributed by atoms with Gasteiger partial charge in [-0.3, -0.25) is 4.79 Å². The molecule has 2 rings (SSSR count). The summed E-state index contributed by atoms with van der Waals surface area (Å²) in [4.78, 5) is 12.3. The van der Waals surface area contributed by atoms with Crippen LogP contribution in [0.2, 0.25) is 5.02 Å². The zero-order valence-corrected chi connectivity index (χ0v) is 14.5. The van der Waals surface area contributed by atoms with Crippen LogP contribution in [0, 0.1) is 18.3 Å². The van der Waals surface area contributed by atoms with Gasteiger partial charge in [0.05, 0.1) is 0 Å². The molecular weight excluding hydrogens is 336 g/mol. The number of nitrogens with zero attached hydrogens (tertiary/aromatic N) is 1. The molecule has 0 bridgehead atoms. The molecule has 0 radical (unpaired) electrons. The molecule has 0 fully saturated rings. The molecule has 2 aromatic rings. The minimum absolute atomic E-state index is 0.000801. The Labute approximate surface area is 152 Å². The molecule has 0 unspecified atom stereocenters. The van der Waals surface area contributed by atoms with Crippen molar-refractivity contribution in [3.8, 4) is 11.8 Å². The van der Waals surface area contributed by atoms with E-state index in [0.717, 1.165) is 11.1 Å². The number of carbonyl (C=O) groups is 1. The summed E-state index contributed by atoms with van der Waals surface area (Å²) < 4.78 is 5.40. The van der Waals surface area contributed by atoms with E-state index in [1.54, 1.807) is 55.5 Å². The van der Waals surface area contributed by atoms with E-state index in [-0.39, 0.29) is 5.57 Å². The molecule has 0 aromatic heterocycles.